The Morgan fingerprint density at radius 1 is 1.00 bits per heavy atom. The van der Waals surface area contributed by atoms with Gasteiger partial charge in [0.2, 0.25) is 0 Å². The lowest BCUT2D eigenvalue weighted by atomic mass is 9.99. The number of hydrogen-bond donors (Lipinski definition) is 1. The molecule has 0 atom stereocenters. The van der Waals surface area contributed by atoms with Crippen LogP contribution >= 0.6 is 0 Å². The maximum absolute atomic E-state index is 14.0. The highest BCUT2D eigenvalue weighted by Gasteiger charge is 2.30. The number of nitrogens with one attached hydrogen (secondary N) is 1. The van der Waals surface area contributed by atoms with Crippen molar-refractivity contribution in [3.63, 3.8) is 0 Å². The zero-order valence-electron chi connectivity index (χ0n) is 13.0. The Hall–Kier alpha value is -3.03. The van der Waals surface area contributed by atoms with Crippen molar-refractivity contribution >= 4 is 6.21 Å². The van der Waals surface area contributed by atoms with Gasteiger partial charge in [0.05, 0.1) is 11.8 Å². The molecule has 0 unspecified atom stereocenters. The molecule has 3 rings (SSSR count). The van der Waals surface area contributed by atoms with Gasteiger partial charge in [-0.05, 0) is 41.5 Å². The second-order valence-corrected chi connectivity index (χ2v) is 5.25. The molecule has 4 nitrogen and oxygen atoms in total. The van der Waals surface area contributed by atoms with Crippen molar-refractivity contribution in [3.8, 4) is 22.4 Å². The number of rotatable bonds is 3. The molecule has 0 fully saturated rings. The fourth-order valence-corrected chi connectivity index (χ4v) is 2.43. The molecule has 3 aromatic rings. The fourth-order valence-electron chi connectivity index (χ4n) is 2.43. The SMILES string of the molecule is CN=Cc1n[nH]nc1-c1cc(F)cc(-c2cccc(C(F)(F)F)c2)c1. The fraction of sp³-hybridized carbons (Fsp3) is 0.118. The van der Waals surface area contributed by atoms with Crippen LogP contribution in [0.15, 0.2) is 47.5 Å². The number of alkyl halides is 3. The van der Waals surface area contributed by atoms with Crippen molar-refractivity contribution in [3.05, 3.63) is 59.5 Å². The molecule has 0 radical (unpaired) electrons. The number of benzene rings is 2. The Labute approximate surface area is 140 Å². The van der Waals surface area contributed by atoms with Crippen LogP contribution in [0.2, 0.25) is 0 Å². The zero-order chi connectivity index (χ0) is 18.0. The summed E-state index contributed by atoms with van der Waals surface area (Å²) < 4.78 is 52.7. The molecule has 1 heterocycles. The molecule has 0 saturated heterocycles. The van der Waals surface area contributed by atoms with Gasteiger partial charge in [0.1, 0.15) is 17.2 Å². The van der Waals surface area contributed by atoms with Crippen molar-refractivity contribution in [2.45, 2.75) is 6.18 Å². The molecule has 25 heavy (non-hydrogen) atoms. The van der Waals surface area contributed by atoms with Gasteiger partial charge in [0.25, 0.3) is 0 Å². The minimum Gasteiger partial charge on any atom is -0.294 e. The number of aromatic amines is 1. The minimum absolute atomic E-state index is 0.254. The molecule has 0 saturated carbocycles. The van der Waals surface area contributed by atoms with E-state index in [-0.39, 0.29) is 5.56 Å². The molecule has 0 bridgehead atoms. The predicted molar refractivity (Wildman–Crippen MR) is 85.7 cm³/mol. The maximum atomic E-state index is 14.0. The van der Waals surface area contributed by atoms with Gasteiger partial charge in [-0.2, -0.15) is 28.6 Å². The molecule has 0 amide bonds. The molecule has 8 heteroatoms. The van der Waals surface area contributed by atoms with E-state index < -0.39 is 17.6 Å². The van der Waals surface area contributed by atoms with E-state index >= 15 is 0 Å². The summed E-state index contributed by atoms with van der Waals surface area (Å²) >= 11 is 0. The van der Waals surface area contributed by atoms with Gasteiger partial charge in [-0.25, -0.2) is 4.39 Å². The maximum Gasteiger partial charge on any atom is 0.416 e. The highest BCUT2D eigenvalue weighted by atomic mass is 19.4. The zero-order valence-corrected chi connectivity index (χ0v) is 13.0. The summed E-state index contributed by atoms with van der Waals surface area (Å²) in [6.45, 7) is 0. The Balaban J connectivity index is 2.10. The van der Waals surface area contributed by atoms with Crippen molar-refractivity contribution in [1.82, 2.24) is 15.4 Å². The van der Waals surface area contributed by atoms with Gasteiger partial charge in [-0.1, -0.05) is 12.1 Å². The molecule has 0 aliphatic rings. The monoisotopic (exact) mass is 348 g/mol. The summed E-state index contributed by atoms with van der Waals surface area (Å²) in [5.74, 6) is -0.590. The second-order valence-electron chi connectivity index (χ2n) is 5.25. The molecule has 1 N–H and O–H groups in total. The Morgan fingerprint density at radius 2 is 1.76 bits per heavy atom. The van der Waals surface area contributed by atoms with Gasteiger partial charge in [0.15, 0.2) is 0 Å². The topological polar surface area (TPSA) is 53.9 Å². The van der Waals surface area contributed by atoms with Crippen LogP contribution in [0.3, 0.4) is 0 Å². The van der Waals surface area contributed by atoms with Crippen LogP contribution in [0.4, 0.5) is 17.6 Å². The van der Waals surface area contributed by atoms with E-state index in [1.165, 1.54) is 30.5 Å². The third-order valence-corrected chi connectivity index (χ3v) is 3.52. The molecule has 0 aliphatic carbocycles. The second kappa shape index (κ2) is 6.46. The standard InChI is InChI=1S/C17H12F4N4/c1-22-9-15-16(24-25-23-15)12-5-11(7-14(18)8-12)10-3-2-4-13(6-10)17(19,20)21/h2-9H,1H3,(H,23,24,25). The number of aliphatic imine (C=N–C) groups is 1. The normalized spacial score (nSPS) is 12.0. The summed E-state index contributed by atoms with van der Waals surface area (Å²) in [5.41, 5.74) is 0.918. The average Bonchev–Trinajstić information content (AvgIpc) is 3.02. The first kappa shape index (κ1) is 16.8. The van der Waals surface area contributed by atoms with Gasteiger partial charge >= 0.3 is 6.18 Å². The van der Waals surface area contributed by atoms with Gasteiger partial charge in [-0.3, -0.25) is 4.99 Å². The summed E-state index contributed by atoms with van der Waals surface area (Å²) in [6, 6.07) is 8.70. The van der Waals surface area contributed by atoms with Gasteiger partial charge in [0, 0.05) is 12.6 Å². The van der Waals surface area contributed by atoms with Crippen molar-refractivity contribution in [1.29, 1.82) is 0 Å². The molecule has 128 valence electrons. The number of H-pyrrole nitrogens is 1. The third-order valence-electron chi connectivity index (χ3n) is 3.52. The quantitative estimate of drug-likeness (QED) is 0.565. The Bertz CT molecular complexity index is 928. The molecule has 0 aliphatic heterocycles. The molecular weight excluding hydrogens is 336 g/mol. The number of halogens is 4. The van der Waals surface area contributed by atoms with Crippen LogP contribution in [0, 0.1) is 5.82 Å². The van der Waals surface area contributed by atoms with E-state index in [0.29, 0.717) is 22.5 Å². The lowest BCUT2D eigenvalue weighted by molar-refractivity contribution is -0.137. The summed E-state index contributed by atoms with van der Waals surface area (Å²) in [7, 11) is 1.55. The van der Waals surface area contributed by atoms with Crippen LogP contribution in [0.5, 0.6) is 0 Å². The number of nitrogens with zero attached hydrogens (tertiary/aromatic N) is 3. The van der Waals surface area contributed by atoms with E-state index in [4.69, 9.17) is 0 Å². The van der Waals surface area contributed by atoms with E-state index in [2.05, 4.69) is 20.4 Å². The van der Waals surface area contributed by atoms with E-state index in [1.807, 2.05) is 0 Å². The molecule has 2 aromatic carbocycles. The first-order valence-electron chi connectivity index (χ1n) is 7.20. The predicted octanol–water partition coefficient (Wildman–Crippen LogP) is 4.35. The Morgan fingerprint density at radius 3 is 2.48 bits per heavy atom. The molecule has 0 spiro atoms. The average molecular weight is 348 g/mol. The number of aromatic nitrogens is 3. The highest BCUT2D eigenvalue weighted by Crippen LogP contribution is 2.33. The summed E-state index contributed by atoms with van der Waals surface area (Å²) in [6.07, 6.45) is -3.02. The van der Waals surface area contributed by atoms with Crippen molar-refractivity contribution < 1.29 is 17.6 Å². The molecule has 1 aromatic heterocycles. The smallest absolute Gasteiger partial charge is 0.294 e. The summed E-state index contributed by atoms with van der Waals surface area (Å²) in [5, 5.41) is 10.3. The van der Waals surface area contributed by atoms with Crippen LogP contribution in [-0.4, -0.2) is 28.7 Å². The molecular formula is C17H12F4N4. The van der Waals surface area contributed by atoms with Crippen LogP contribution < -0.4 is 0 Å². The van der Waals surface area contributed by atoms with Crippen molar-refractivity contribution in [2.75, 3.05) is 7.05 Å². The largest absolute Gasteiger partial charge is 0.416 e. The highest BCUT2D eigenvalue weighted by molar-refractivity contribution is 5.87. The lowest BCUT2D eigenvalue weighted by Gasteiger charge is -2.10. The first-order chi connectivity index (χ1) is 11.9. The Kier molecular flexibility index (Phi) is 4.35. The van der Waals surface area contributed by atoms with Crippen LogP contribution in [0.1, 0.15) is 11.3 Å². The van der Waals surface area contributed by atoms with Gasteiger partial charge < -0.3 is 0 Å². The third kappa shape index (κ3) is 3.57. The minimum atomic E-state index is -4.47. The first-order valence-corrected chi connectivity index (χ1v) is 7.20. The van der Waals surface area contributed by atoms with E-state index in [0.717, 1.165) is 12.1 Å². The van der Waals surface area contributed by atoms with Crippen molar-refractivity contribution in [2.24, 2.45) is 4.99 Å². The lowest BCUT2D eigenvalue weighted by Crippen LogP contribution is -2.04. The van der Waals surface area contributed by atoms with E-state index in [1.54, 1.807) is 13.1 Å². The van der Waals surface area contributed by atoms with Crippen LogP contribution in [-0.2, 0) is 6.18 Å². The van der Waals surface area contributed by atoms with E-state index in [9.17, 15) is 17.6 Å². The summed E-state index contributed by atoms with van der Waals surface area (Å²) in [4.78, 5) is 3.84. The van der Waals surface area contributed by atoms with Gasteiger partial charge in [-0.15, -0.1) is 0 Å². The number of hydrogen-bond acceptors (Lipinski definition) is 3. The van der Waals surface area contributed by atoms with Crippen LogP contribution in [0.25, 0.3) is 22.4 Å².